The fourth-order valence-corrected chi connectivity index (χ4v) is 3.43. The lowest BCUT2D eigenvalue weighted by Gasteiger charge is -2.34. The molecule has 2 aliphatic heterocycles. The monoisotopic (exact) mass is 308 g/mol. The molecule has 2 heterocycles. The largest absolute Gasteiger partial charge is 0.399 e. The summed E-state index contributed by atoms with van der Waals surface area (Å²) in [6, 6.07) is 16.2. The molecule has 1 saturated heterocycles. The molecular formula is C18H20N4O. The van der Waals surface area contributed by atoms with Gasteiger partial charge in [-0.05, 0) is 42.3 Å². The number of hydrogen-bond donors (Lipinski definition) is 2. The second kappa shape index (κ2) is 5.50. The highest BCUT2D eigenvalue weighted by Crippen LogP contribution is 2.29. The van der Waals surface area contributed by atoms with Crippen LogP contribution in [0.2, 0.25) is 0 Å². The van der Waals surface area contributed by atoms with Crippen molar-refractivity contribution < 1.29 is 4.79 Å². The fourth-order valence-electron chi connectivity index (χ4n) is 3.43. The van der Waals surface area contributed by atoms with E-state index in [0.717, 1.165) is 30.9 Å². The van der Waals surface area contributed by atoms with E-state index >= 15 is 0 Å². The first-order chi connectivity index (χ1) is 11.2. The second-order valence-electron chi connectivity index (χ2n) is 6.20. The van der Waals surface area contributed by atoms with Gasteiger partial charge in [-0.2, -0.15) is 0 Å². The zero-order chi connectivity index (χ0) is 15.8. The summed E-state index contributed by atoms with van der Waals surface area (Å²) in [7, 11) is 0. The first-order valence-corrected chi connectivity index (χ1v) is 7.97. The van der Waals surface area contributed by atoms with E-state index in [9.17, 15) is 4.79 Å². The molecule has 5 nitrogen and oxygen atoms in total. The standard InChI is InChI=1S/C18H20N4O/c19-14-5-7-15(8-6-14)21-10-9-16(12-21)22-11-13-3-1-2-4-17(13)20-18(22)23/h1-8,16H,9-12,19H2,(H,20,23). The molecule has 0 aromatic heterocycles. The van der Waals surface area contributed by atoms with E-state index in [2.05, 4.69) is 16.3 Å². The van der Waals surface area contributed by atoms with Gasteiger partial charge in [-0.25, -0.2) is 4.79 Å². The van der Waals surface area contributed by atoms with Gasteiger partial charge >= 0.3 is 6.03 Å². The molecule has 0 spiro atoms. The van der Waals surface area contributed by atoms with Gasteiger partial charge in [-0.15, -0.1) is 0 Å². The van der Waals surface area contributed by atoms with Gasteiger partial charge in [-0.3, -0.25) is 0 Å². The van der Waals surface area contributed by atoms with Crippen LogP contribution in [0.1, 0.15) is 12.0 Å². The average molecular weight is 308 g/mol. The fraction of sp³-hybridized carbons (Fsp3) is 0.278. The van der Waals surface area contributed by atoms with Crippen LogP contribution in [-0.2, 0) is 6.54 Å². The van der Waals surface area contributed by atoms with Crippen molar-refractivity contribution in [2.24, 2.45) is 0 Å². The molecule has 5 heteroatoms. The van der Waals surface area contributed by atoms with E-state index in [0.29, 0.717) is 6.54 Å². The molecule has 2 aliphatic rings. The lowest BCUT2D eigenvalue weighted by molar-refractivity contribution is 0.186. The lowest BCUT2D eigenvalue weighted by atomic mass is 10.1. The van der Waals surface area contributed by atoms with E-state index in [-0.39, 0.29) is 12.1 Å². The molecule has 118 valence electrons. The Hall–Kier alpha value is -2.69. The summed E-state index contributed by atoms with van der Waals surface area (Å²) >= 11 is 0. The van der Waals surface area contributed by atoms with E-state index in [1.165, 1.54) is 11.3 Å². The Morgan fingerprint density at radius 2 is 1.87 bits per heavy atom. The summed E-state index contributed by atoms with van der Waals surface area (Å²) < 4.78 is 0. The summed E-state index contributed by atoms with van der Waals surface area (Å²) in [5.74, 6) is 0. The predicted octanol–water partition coefficient (Wildman–Crippen LogP) is 2.90. The number of fused-ring (bicyclic) bond motifs is 1. The van der Waals surface area contributed by atoms with Gasteiger partial charge in [0.05, 0.1) is 6.04 Å². The highest BCUT2D eigenvalue weighted by atomic mass is 16.2. The van der Waals surface area contributed by atoms with Crippen LogP contribution in [0.15, 0.2) is 48.5 Å². The number of rotatable bonds is 2. The molecule has 2 amide bonds. The van der Waals surface area contributed by atoms with Crippen LogP contribution >= 0.6 is 0 Å². The topological polar surface area (TPSA) is 61.6 Å². The number of nitrogen functional groups attached to an aromatic ring is 1. The first kappa shape index (κ1) is 13.9. The zero-order valence-corrected chi connectivity index (χ0v) is 12.9. The van der Waals surface area contributed by atoms with Gasteiger partial charge in [0.2, 0.25) is 0 Å². The van der Waals surface area contributed by atoms with Gasteiger partial charge in [-0.1, -0.05) is 18.2 Å². The third kappa shape index (κ3) is 2.59. The minimum Gasteiger partial charge on any atom is -0.399 e. The van der Waals surface area contributed by atoms with E-state index in [1.54, 1.807) is 0 Å². The van der Waals surface area contributed by atoms with Crippen LogP contribution in [0.4, 0.5) is 21.9 Å². The highest BCUT2D eigenvalue weighted by Gasteiger charge is 2.33. The first-order valence-electron chi connectivity index (χ1n) is 7.97. The molecule has 0 saturated carbocycles. The minimum absolute atomic E-state index is 0.00727. The minimum atomic E-state index is 0.00727. The Labute approximate surface area is 135 Å². The van der Waals surface area contributed by atoms with Gasteiger partial charge in [0, 0.05) is 36.7 Å². The molecule has 23 heavy (non-hydrogen) atoms. The number of anilines is 3. The number of hydrogen-bond acceptors (Lipinski definition) is 3. The van der Waals surface area contributed by atoms with Gasteiger partial charge < -0.3 is 20.9 Å². The number of carbonyl (C=O) groups is 1. The predicted molar refractivity (Wildman–Crippen MR) is 92.5 cm³/mol. The normalized spacial score (nSPS) is 20.3. The molecule has 0 aliphatic carbocycles. The molecule has 2 aromatic carbocycles. The molecule has 0 bridgehead atoms. The van der Waals surface area contributed by atoms with E-state index < -0.39 is 0 Å². The second-order valence-corrected chi connectivity index (χ2v) is 6.20. The molecule has 1 atom stereocenters. The van der Waals surface area contributed by atoms with Crippen LogP contribution in [0, 0.1) is 0 Å². The number of urea groups is 1. The molecule has 0 radical (unpaired) electrons. The summed E-state index contributed by atoms with van der Waals surface area (Å²) in [5, 5.41) is 3.00. The number of benzene rings is 2. The van der Waals surface area contributed by atoms with Crippen LogP contribution in [0.5, 0.6) is 0 Å². The van der Waals surface area contributed by atoms with E-state index in [1.807, 2.05) is 47.4 Å². The number of para-hydroxylation sites is 1. The van der Waals surface area contributed by atoms with Crippen molar-refractivity contribution in [3.05, 3.63) is 54.1 Å². The van der Waals surface area contributed by atoms with Crippen molar-refractivity contribution in [3.63, 3.8) is 0 Å². The summed E-state index contributed by atoms with van der Waals surface area (Å²) in [6.45, 7) is 2.50. The maximum absolute atomic E-state index is 12.4. The van der Waals surface area contributed by atoms with Crippen molar-refractivity contribution >= 4 is 23.1 Å². The third-order valence-corrected chi connectivity index (χ3v) is 4.72. The Morgan fingerprint density at radius 3 is 2.70 bits per heavy atom. The van der Waals surface area contributed by atoms with Crippen molar-refractivity contribution in [2.45, 2.75) is 19.0 Å². The van der Waals surface area contributed by atoms with Crippen LogP contribution < -0.4 is 16.0 Å². The number of nitrogens with one attached hydrogen (secondary N) is 1. The van der Waals surface area contributed by atoms with E-state index in [4.69, 9.17) is 5.73 Å². The molecule has 4 rings (SSSR count). The summed E-state index contributed by atoms with van der Waals surface area (Å²) in [5.41, 5.74) is 9.81. The summed E-state index contributed by atoms with van der Waals surface area (Å²) in [6.07, 6.45) is 0.986. The van der Waals surface area contributed by atoms with Gasteiger partial charge in [0.25, 0.3) is 0 Å². The lowest BCUT2D eigenvalue weighted by Crippen LogP contribution is -2.46. The Bertz CT molecular complexity index is 728. The quantitative estimate of drug-likeness (QED) is 0.839. The number of nitrogens with zero attached hydrogens (tertiary/aromatic N) is 2. The highest BCUT2D eigenvalue weighted by molar-refractivity contribution is 5.92. The average Bonchev–Trinajstić information content (AvgIpc) is 3.04. The zero-order valence-electron chi connectivity index (χ0n) is 12.9. The Balaban J connectivity index is 1.49. The Morgan fingerprint density at radius 1 is 1.09 bits per heavy atom. The molecule has 2 aromatic rings. The third-order valence-electron chi connectivity index (χ3n) is 4.72. The molecule has 1 fully saturated rings. The maximum atomic E-state index is 12.4. The van der Waals surface area contributed by atoms with Crippen LogP contribution in [0.3, 0.4) is 0 Å². The van der Waals surface area contributed by atoms with Crippen LogP contribution in [0.25, 0.3) is 0 Å². The maximum Gasteiger partial charge on any atom is 0.322 e. The van der Waals surface area contributed by atoms with Gasteiger partial charge in [0.15, 0.2) is 0 Å². The number of nitrogens with two attached hydrogens (primary N) is 1. The van der Waals surface area contributed by atoms with Crippen molar-refractivity contribution in [1.82, 2.24) is 4.90 Å². The SMILES string of the molecule is Nc1ccc(N2CCC(N3Cc4ccccc4NC3=O)C2)cc1. The molecular weight excluding hydrogens is 288 g/mol. The smallest absolute Gasteiger partial charge is 0.322 e. The van der Waals surface area contributed by atoms with Crippen molar-refractivity contribution in [1.29, 1.82) is 0 Å². The molecule has 3 N–H and O–H groups in total. The van der Waals surface area contributed by atoms with Crippen molar-refractivity contribution in [3.8, 4) is 0 Å². The molecule has 1 unspecified atom stereocenters. The van der Waals surface area contributed by atoms with Gasteiger partial charge in [0.1, 0.15) is 0 Å². The summed E-state index contributed by atoms with van der Waals surface area (Å²) in [4.78, 5) is 16.7. The Kier molecular flexibility index (Phi) is 3.33. The number of amides is 2. The van der Waals surface area contributed by atoms with Crippen LogP contribution in [-0.4, -0.2) is 30.1 Å². The van der Waals surface area contributed by atoms with Crippen molar-refractivity contribution in [2.75, 3.05) is 29.0 Å². The number of carbonyl (C=O) groups excluding carboxylic acids is 1.